The lowest BCUT2D eigenvalue weighted by atomic mass is 10.4. The van der Waals surface area contributed by atoms with Crippen LogP contribution in [0.2, 0.25) is 0 Å². The number of ketones is 1. The quantitative estimate of drug-likeness (QED) is 0.456. The van der Waals surface area contributed by atoms with Crippen molar-refractivity contribution >= 4 is 23.2 Å². The van der Waals surface area contributed by atoms with E-state index in [1.807, 2.05) is 6.92 Å². The summed E-state index contributed by atoms with van der Waals surface area (Å²) in [4.78, 5) is 9.81. The van der Waals surface area contributed by atoms with Crippen LogP contribution in [0.4, 0.5) is 0 Å². The third-order valence-electron chi connectivity index (χ3n) is 0.498. The summed E-state index contributed by atoms with van der Waals surface area (Å²) >= 11 is 3.70. The van der Waals surface area contributed by atoms with E-state index in [1.165, 1.54) is 5.16 Å². The Bertz CT molecular complexity index is 97.1. The number of thiocarbonyl (C=S) groups is 1. The highest BCUT2D eigenvalue weighted by Crippen LogP contribution is 1.71. The van der Waals surface area contributed by atoms with E-state index in [1.54, 1.807) is 6.92 Å². The van der Waals surface area contributed by atoms with Crippen molar-refractivity contribution in [2.24, 2.45) is 0 Å². The fraction of sp³-hybridized carbons (Fsp3) is 0.600. The molecule has 0 aliphatic heterocycles. The molecule has 0 atom stereocenters. The van der Waals surface area contributed by atoms with E-state index in [-0.39, 0.29) is 11.9 Å². The van der Waals surface area contributed by atoms with Crippen LogP contribution in [0.25, 0.3) is 5.41 Å². The van der Waals surface area contributed by atoms with Gasteiger partial charge in [0.05, 0.1) is 0 Å². The summed E-state index contributed by atoms with van der Waals surface area (Å²) in [5, 5.41) is 8.47. The summed E-state index contributed by atoms with van der Waals surface area (Å²) in [6, 6.07) is 0. The highest BCUT2D eigenvalue weighted by atomic mass is 32.1. The van der Waals surface area contributed by atoms with Crippen LogP contribution in [-0.2, 0) is 4.79 Å². The SMILES string of the molecule is CCC(C)=O.[N-]=C=S.[NH4+]. The maximum absolute atomic E-state index is 9.81. The number of isothiocyanates is 1. The zero-order chi connectivity index (χ0) is 6.99. The topological polar surface area (TPSA) is 75.9 Å². The molecule has 0 heterocycles. The summed E-state index contributed by atoms with van der Waals surface area (Å²) in [6.45, 7) is 3.43. The monoisotopic (exact) mass is 148 g/mol. The van der Waals surface area contributed by atoms with E-state index >= 15 is 0 Å². The molecule has 0 unspecified atom stereocenters. The van der Waals surface area contributed by atoms with Crippen LogP contribution in [-0.4, -0.2) is 10.9 Å². The van der Waals surface area contributed by atoms with Crippen LogP contribution in [0.1, 0.15) is 20.3 Å². The van der Waals surface area contributed by atoms with Gasteiger partial charge in [-0.25, -0.2) is 0 Å². The van der Waals surface area contributed by atoms with Gasteiger partial charge in [-0.2, -0.15) is 5.16 Å². The molecule has 0 saturated carbocycles. The molecule has 0 saturated heterocycles. The van der Waals surface area contributed by atoms with Gasteiger partial charge in [0.2, 0.25) is 0 Å². The van der Waals surface area contributed by atoms with Crippen LogP contribution in [0.3, 0.4) is 0 Å². The molecule has 9 heavy (non-hydrogen) atoms. The zero-order valence-corrected chi connectivity index (χ0v) is 6.79. The normalized spacial score (nSPS) is 5.11. The van der Waals surface area contributed by atoms with Gasteiger partial charge in [0.25, 0.3) is 0 Å². The molecule has 0 rings (SSSR count). The molecule has 4 N–H and O–H groups in total. The van der Waals surface area contributed by atoms with Gasteiger partial charge in [-0.15, -0.1) is 0 Å². The van der Waals surface area contributed by atoms with E-state index in [2.05, 4.69) is 12.2 Å². The Morgan fingerprint density at radius 2 is 1.89 bits per heavy atom. The van der Waals surface area contributed by atoms with Gasteiger partial charge in [-0.3, -0.25) is 0 Å². The van der Waals surface area contributed by atoms with Crippen molar-refractivity contribution in [1.29, 1.82) is 0 Å². The lowest BCUT2D eigenvalue weighted by Gasteiger charge is -1.71. The van der Waals surface area contributed by atoms with E-state index in [0.717, 1.165) is 0 Å². The molecule has 3 nitrogen and oxygen atoms in total. The number of Topliss-reactive ketones (excluding diaryl/α,β-unsaturated/α-hetero) is 1. The molecule has 0 aromatic carbocycles. The second-order valence-electron chi connectivity index (χ2n) is 1.15. The van der Waals surface area contributed by atoms with Gasteiger partial charge in [-0.1, -0.05) is 19.1 Å². The smallest absolute Gasteiger partial charge is 0.129 e. The van der Waals surface area contributed by atoms with Crippen LogP contribution >= 0.6 is 12.2 Å². The second-order valence-corrected chi connectivity index (χ2v) is 1.33. The number of nitrogens with zero attached hydrogens (tertiary/aromatic N) is 1. The van der Waals surface area contributed by atoms with E-state index in [9.17, 15) is 4.79 Å². The second kappa shape index (κ2) is 15.7. The fourth-order valence-electron chi connectivity index (χ4n) is 0. The summed E-state index contributed by atoms with van der Waals surface area (Å²) < 4.78 is 0. The number of hydrogen-bond acceptors (Lipinski definition) is 2. The largest absolute Gasteiger partial charge is 0.753 e. The lowest BCUT2D eigenvalue weighted by Crippen LogP contribution is -1.80. The first kappa shape index (κ1) is 15.8. The summed E-state index contributed by atoms with van der Waals surface area (Å²) in [6.07, 6.45) is 0.667. The van der Waals surface area contributed by atoms with Gasteiger partial charge in [0.1, 0.15) is 5.78 Å². The summed E-state index contributed by atoms with van der Waals surface area (Å²) in [5.41, 5.74) is 0. The Morgan fingerprint density at radius 1 is 1.78 bits per heavy atom. The Balaban J connectivity index is -0.0000000800. The molecule has 0 fully saturated rings. The highest BCUT2D eigenvalue weighted by molar-refractivity contribution is 7.78. The number of carbonyl (C=O) groups excluding carboxylic acids is 1. The van der Waals surface area contributed by atoms with Crippen molar-refractivity contribution in [2.45, 2.75) is 20.3 Å². The molecule has 0 bridgehead atoms. The Morgan fingerprint density at radius 3 is 1.89 bits per heavy atom. The fourth-order valence-corrected chi connectivity index (χ4v) is 0. The lowest BCUT2D eigenvalue weighted by molar-refractivity contribution is -0.116. The molecular formula is C5H12N2OS. The molecule has 0 spiro atoms. The van der Waals surface area contributed by atoms with Crippen molar-refractivity contribution in [3.8, 4) is 0 Å². The van der Waals surface area contributed by atoms with Crippen molar-refractivity contribution in [3.63, 3.8) is 0 Å². The molecule has 4 heteroatoms. The van der Waals surface area contributed by atoms with Crippen LogP contribution in [0, 0.1) is 0 Å². The molecule has 0 aromatic heterocycles. The minimum atomic E-state index is 0. The molecule has 0 aromatic rings. The average Bonchev–Trinajstić information content (AvgIpc) is 1.69. The van der Waals surface area contributed by atoms with Gasteiger partial charge in [0.15, 0.2) is 0 Å². The highest BCUT2D eigenvalue weighted by Gasteiger charge is 1.76. The zero-order valence-electron chi connectivity index (χ0n) is 5.97. The van der Waals surface area contributed by atoms with Gasteiger partial charge in [-0.05, 0) is 6.92 Å². The minimum absolute atomic E-state index is 0. The number of quaternary nitrogens is 1. The third-order valence-corrected chi connectivity index (χ3v) is 0.498. The molecule has 0 aliphatic rings. The van der Waals surface area contributed by atoms with Gasteiger partial charge < -0.3 is 16.4 Å². The van der Waals surface area contributed by atoms with Crippen molar-refractivity contribution in [2.75, 3.05) is 0 Å². The molecule has 54 valence electrons. The van der Waals surface area contributed by atoms with Gasteiger partial charge >= 0.3 is 0 Å². The first-order valence-corrected chi connectivity index (χ1v) is 2.60. The number of rotatable bonds is 1. The molecular weight excluding hydrogens is 136 g/mol. The first-order valence-electron chi connectivity index (χ1n) is 2.19. The maximum Gasteiger partial charge on any atom is 0.129 e. The Kier molecular flexibility index (Phi) is 27.5. The number of carbonyl (C=O) groups is 1. The Labute approximate surface area is 60.5 Å². The summed E-state index contributed by atoms with van der Waals surface area (Å²) in [5.74, 6) is 0.255. The minimum Gasteiger partial charge on any atom is -0.753 e. The summed E-state index contributed by atoms with van der Waals surface area (Å²) in [7, 11) is 0. The Hall–Kier alpha value is -0.570. The van der Waals surface area contributed by atoms with Crippen molar-refractivity contribution in [1.82, 2.24) is 6.15 Å². The van der Waals surface area contributed by atoms with Crippen molar-refractivity contribution < 1.29 is 4.79 Å². The predicted molar refractivity (Wildman–Crippen MR) is 42.9 cm³/mol. The van der Waals surface area contributed by atoms with Crippen LogP contribution < -0.4 is 6.15 Å². The van der Waals surface area contributed by atoms with Gasteiger partial charge in [0, 0.05) is 6.42 Å². The van der Waals surface area contributed by atoms with E-state index in [0.29, 0.717) is 6.42 Å². The van der Waals surface area contributed by atoms with Crippen LogP contribution in [0.15, 0.2) is 0 Å². The standard InChI is InChI=1S/C4H8O.CNS.H3N/c1-3-4(2)5;2-1-3;/h3H2,1-2H3;;1H3/q;-1;/p+1. The van der Waals surface area contributed by atoms with E-state index in [4.69, 9.17) is 5.41 Å². The van der Waals surface area contributed by atoms with Crippen molar-refractivity contribution in [3.05, 3.63) is 5.41 Å². The first-order chi connectivity index (χ1) is 3.68. The number of hydrogen-bond donors (Lipinski definition) is 1. The van der Waals surface area contributed by atoms with E-state index < -0.39 is 0 Å². The maximum atomic E-state index is 9.81. The third kappa shape index (κ3) is 107. The molecule has 0 amide bonds. The molecule has 0 aliphatic carbocycles. The van der Waals surface area contributed by atoms with Crippen LogP contribution in [0.5, 0.6) is 0 Å². The predicted octanol–water partition coefficient (Wildman–Crippen LogP) is 2.02. The molecule has 0 radical (unpaired) electrons. The average molecular weight is 148 g/mol.